The van der Waals surface area contributed by atoms with Crippen molar-refractivity contribution in [3.05, 3.63) is 24.3 Å². The molecule has 1 unspecified atom stereocenters. The van der Waals surface area contributed by atoms with Gasteiger partial charge in [0.05, 0.1) is 0 Å². The lowest BCUT2D eigenvalue weighted by atomic mass is 9.92. The summed E-state index contributed by atoms with van der Waals surface area (Å²) >= 11 is 0. The monoisotopic (exact) mass is 168 g/mol. The van der Waals surface area contributed by atoms with Gasteiger partial charge in [-0.05, 0) is 12.5 Å². The molecule has 0 aliphatic heterocycles. The van der Waals surface area contributed by atoms with Crippen LogP contribution in [0, 0.1) is 0 Å². The summed E-state index contributed by atoms with van der Waals surface area (Å²) in [5.74, 6) is 0. The van der Waals surface area contributed by atoms with Crippen LogP contribution >= 0.6 is 0 Å². The van der Waals surface area contributed by atoms with Gasteiger partial charge in [-0.15, -0.1) is 0 Å². The summed E-state index contributed by atoms with van der Waals surface area (Å²) in [6.07, 6.45) is 7.49. The van der Waals surface area contributed by atoms with Crippen LogP contribution in [0.25, 0.3) is 0 Å². The number of hydrogen-bond donors (Lipinski definition) is 1. The topological polar surface area (TPSA) is 46.5 Å². The highest BCUT2D eigenvalue weighted by atomic mass is 16.7. The van der Waals surface area contributed by atoms with Crippen LogP contribution in [0.4, 0.5) is 4.79 Å². The highest BCUT2D eigenvalue weighted by Gasteiger charge is 2.29. The molecule has 0 bridgehead atoms. The van der Waals surface area contributed by atoms with Crippen LogP contribution in [0.15, 0.2) is 24.3 Å². The van der Waals surface area contributed by atoms with Crippen LogP contribution in [0.1, 0.15) is 19.8 Å². The molecular weight excluding hydrogens is 156 g/mol. The molecule has 1 aliphatic carbocycles. The maximum Gasteiger partial charge on any atom is 0.506 e. The number of carbonyl (C=O) groups is 1. The molecule has 0 spiro atoms. The first kappa shape index (κ1) is 8.84. The minimum Gasteiger partial charge on any atom is -0.450 e. The first-order valence-electron chi connectivity index (χ1n) is 3.95. The van der Waals surface area contributed by atoms with Gasteiger partial charge in [0.25, 0.3) is 0 Å². The molecule has 0 aromatic heterocycles. The van der Waals surface area contributed by atoms with E-state index in [4.69, 9.17) is 9.84 Å². The first-order valence-corrected chi connectivity index (χ1v) is 3.95. The van der Waals surface area contributed by atoms with Crippen LogP contribution in [0.3, 0.4) is 0 Å². The quantitative estimate of drug-likeness (QED) is 0.644. The van der Waals surface area contributed by atoms with Crippen molar-refractivity contribution in [2.75, 3.05) is 0 Å². The predicted molar refractivity (Wildman–Crippen MR) is 45.0 cm³/mol. The van der Waals surface area contributed by atoms with Gasteiger partial charge in [-0.2, -0.15) is 0 Å². The molecule has 1 rings (SSSR count). The lowest BCUT2D eigenvalue weighted by Crippen LogP contribution is -2.32. The average molecular weight is 168 g/mol. The summed E-state index contributed by atoms with van der Waals surface area (Å²) < 4.78 is 4.81. The fraction of sp³-hybridized carbons (Fsp3) is 0.444. The third kappa shape index (κ3) is 1.87. The van der Waals surface area contributed by atoms with Crippen LogP contribution in [-0.2, 0) is 4.74 Å². The Kier molecular flexibility index (Phi) is 2.53. The molecule has 0 saturated heterocycles. The molecule has 12 heavy (non-hydrogen) atoms. The number of allylic oxidation sites excluding steroid dienone is 2. The molecule has 0 heterocycles. The van der Waals surface area contributed by atoms with Gasteiger partial charge < -0.3 is 9.84 Å². The van der Waals surface area contributed by atoms with Crippen molar-refractivity contribution in [3.63, 3.8) is 0 Å². The Bertz CT molecular complexity index is 230. The number of ether oxygens (including phenoxy) is 1. The van der Waals surface area contributed by atoms with Crippen molar-refractivity contribution >= 4 is 6.16 Å². The van der Waals surface area contributed by atoms with E-state index in [9.17, 15) is 4.79 Å². The van der Waals surface area contributed by atoms with Gasteiger partial charge in [-0.1, -0.05) is 25.2 Å². The standard InChI is InChI=1S/C9H12O3/c1-2-9(12-8(10)11)6-4-3-5-7-9/h3-6H,2,7H2,1H3,(H,10,11). The Balaban J connectivity index is 2.69. The molecule has 0 aromatic rings. The summed E-state index contributed by atoms with van der Waals surface area (Å²) in [7, 11) is 0. The zero-order valence-corrected chi connectivity index (χ0v) is 6.99. The van der Waals surface area contributed by atoms with Gasteiger partial charge in [0.15, 0.2) is 0 Å². The van der Waals surface area contributed by atoms with Gasteiger partial charge in [0.1, 0.15) is 5.60 Å². The third-order valence-electron chi connectivity index (χ3n) is 2.00. The largest absolute Gasteiger partial charge is 0.506 e. The molecule has 1 N–H and O–H groups in total. The van der Waals surface area contributed by atoms with Crippen LogP contribution in [0.2, 0.25) is 0 Å². The fourth-order valence-corrected chi connectivity index (χ4v) is 1.23. The van der Waals surface area contributed by atoms with Gasteiger partial charge >= 0.3 is 6.16 Å². The second kappa shape index (κ2) is 3.43. The lowest BCUT2D eigenvalue weighted by Gasteiger charge is -2.27. The Morgan fingerprint density at radius 1 is 1.67 bits per heavy atom. The Morgan fingerprint density at radius 3 is 2.83 bits per heavy atom. The van der Waals surface area contributed by atoms with E-state index in [1.807, 2.05) is 25.2 Å². The van der Waals surface area contributed by atoms with Crippen molar-refractivity contribution < 1.29 is 14.6 Å². The van der Waals surface area contributed by atoms with E-state index in [1.165, 1.54) is 0 Å². The van der Waals surface area contributed by atoms with Crippen LogP contribution in [0.5, 0.6) is 0 Å². The van der Waals surface area contributed by atoms with Gasteiger partial charge in [0.2, 0.25) is 0 Å². The second-order valence-corrected chi connectivity index (χ2v) is 2.78. The van der Waals surface area contributed by atoms with Crippen molar-refractivity contribution in [1.82, 2.24) is 0 Å². The Morgan fingerprint density at radius 2 is 2.42 bits per heavy atom. The average Bonchev–Trinajstić information content (AvgIpc) is 2.05. The Labute approximate surface area is 71.3 Å². The molecule has 1 atom stereocenters. The van der Waals surface area contributed by atoms with Crippen molar-refractivity contribution in [2.45, 2.75) is 25.4 Å². The maximum atomic E-state index is 10.4. The molecule has 3 nitrogen and oxygen atoms in total. The summed E-state index contributed by atoms with van der Waals surface area (Å²) in [5, 5.41) is 8.48. The molecule has 0 fully saturated rings. The van der Waals surface area contributed by atoms with E-state index in [1.54, 1.807) is 6.08 Å². The van der Waals surface area contributed by atoms with Gasteiger partial charge in [-0.25, -0.2) is 4.79 Å². The molecule has 0 radical (unpaired) electrons. The Hall–Kier alpha value is -1.25. The summed E-state index contributed by atoms with van der Waals surface area (Å²) in [6.45, 7) is 1.91. The molecule has 0 amide bonds. The second-order valence-electron chi connectivity index (χ2n) is 2.78. The highest BCUT2D eigenvalue weighted by Crippen LogP contribution is 2.25. The van der Waals surface area contributed by atoms with E-state index in [0.717, 1.165) is 0 Å². The smallest absolute Gasteiger partial charge is 0.450 e. The zero-order chi connectivity index (χ0) is 9.03. The highest BCUT2D eigenvalue weighted by molar-refractivity contribution is 5.58. The normalized spacial score (nSPS) is 27.1. The molecule has 3 heteroatoms. The van der Waals surface area contributed by atoms with E-state index in [2.05, 4.69) is 0 Å². The van der Waals surface area contributed by atoms with Crippen molar-refractivity contribution in [2.24, 2.45) is 0 Å². The van der Waals surface area contributed by atoms with E-state index < -0.39 is 11.8 Å². The molecule has 0 saturated carbocycles. The minimum atomic E-state index is -1.21. The van der Waals surface area contributed by atoms with E-state index in [0.29, 0.717) is 12.8 Å². The number of rotatable bonds is 2. The maximum absolute atomic E-state index is 10.4. The third-order valence-corrected chi connectivity index (χ3v) is 2.00. The van der Waals surface area contributed by atoms with E-state index in [-0.39, 0.29) is 0 Å². The van der Waals surface area contributed by atoms with Crippen molar-refractivity contribution in [3.8, 4) is 0 Å². The van der Waals surface area contributed by atoms with Crippen LogP contribution in [-0.4, -0.2) is 16.9 Å². The number of hydrogen-bond acceptors (Lipinski definition) is 2. The summed E-state index contributed by atoms with van der Waals surface area (Å²) in [5.41, 5.74) is -0.624. The van der Waals surface area contributed by atoms with Gasteiger partial charge in [0, 0.05) is 6.42 Å². The minimum absolute atomic E-state index is 0.624. The molecular formula is C9H12O3. The first-order chi connectivity index (χ1) is 5.68. The molecule has 0 aromatic carbocycles. The molecule has 66 valence electrons. The van der Waals surface area contributed by atoms with E-state index >= 15 is 0 Å². The fourth-order valence-electron chi connectivity index (χ4n) is 1.23. The molecule has 1 aliphatic rings. The number of carboxylic acid groups (broad SMARTS) is 1. The van der Waals surface area contributed by atoms with Crippen LogP contribution < -0.4 is 0 Å². The summed E-state index contributed by atoms with van der Waals surface area (Å²) in [4.78, 5) is 10.4. The SMILES string of the molecule is CCC1(OC(=O)O)C=CC=CC1. The summed E-state index contributed by atoms with van der Waals surface area (Å²) in [6, 6.07) is 0. The zero-order valence-electron chi connectivity index (χ0n) is 6.99. The predicted octanol–water partition coefficient (Wildman–Crippen LogP) is 2.35. The lowest BCUT2D eigenvalue weighted by molar-refractivity contribution is 0.00928. The van der Waals surface area contributed by atoms with Crippen molar-refractivity contribution in [1.29, 1.82) is 0 Å². The van der Waals surface area contributed by atoms with Gasteiger partial charge in [-0.3, -0.25) is 0 Å².